The molecule has 0 atom stereocenters. The number of hydrogen-bond donors (Lipinski definition) is 0. The molecule has 3 aromatic heterocycles. The van der Waals surface area contributed by atoms with Crippen LogP contribution in [0, 0.1) is 6.92 Å². The second-order valence-electron chi connectivity index (χ2n) is 7.50. The van der Waals surface area contributed by atoms with Crippen LogP contribution in [-0.4, -0.2) is 20.3 Å². The third kappa shape index (κ3) is 3.59. The lowest BCUT2D eigenvalue weighted by molar-refractivity contribution is 0.0979. The molecule has 0 saturated carbocycles. The molecule has 5 rings (SSSR count). The Morgan fingerprint density at radius 3 is 2.61 bits per heavy atom. The van der Waals surface area contributed by atoms with Gasteiger partial charge in [-0.3, -0.25) is 14.1 Å². The van der Waals surface area contributed by atoms with Gasteiger partial charge in [0.1, 0.15) is 11.3 Å². The van der Waals surface area contributed by atoms with E-state index < -0.39 is 0 Å². The number of rotatable bonds is 5. The average molecular weight is 427 g/mol. The summed E-state index contributed by atoms with van der Waals surface area (Å²) in [4.78, 5) is 25.1. The number of imidazole rings is 1. The van der Waals surface area contributed by atoms with Crippen molar-refractivity contribution in [3.05, 3.63) is 95.4 Å². The molecule has 0 aliphatic rings. The number of pyridine rings is 1. The minimum atomic E-state index is -0.102. The number of aromatic nitrogens is 3. The predicted molar refractivity (Wildman–Crippen MR) is 126 cm³/mol. The average Bonchev–Trinajstić information content (AvgIpc) is 3.37. The largest absolute Gasteiger partial charge is 0.295 e. The number of carbonyl (C=O) groups excluding carboxylic acids is 1. The molecule has 5 aromatic rings. The second kappa shape index (κ2) is 7.96. The normalized spacial score (nSPS) is 11.3. The number of thiazole rings is 1. The molecule has 6 heteroatoms. The van der Waals surface area contributed by atoms with Crippen LogP contribution in [0.1, 0.15) is 34.2 Å². The number of carbonyl (C=O) groups is 1. The Labute approximate surface area is 184 Å². The third-order valence-corrected chi connectivity index (χ3v) is 6.46. The fourth-order valence-electron chi connectivity index (χ4n) is 3.78. The second-order valence-corrected chi connectivity index (χ2v) is 8.51. The van der Waals surface area contributed by atoms with Gasteiger partial charge in [-0.2, -0.15) is 0 Å². The van der Waals surface area contributed by atoms with Gasteiger partial charge in [-0.25, -0.2) is 9.97 Å². The van der Waals surface area contributed by atoms with Crippen molar-refractivity contribution in [3.63, 3.8) is 0 Å². The summed E-state index contributed by atoms with van der Waals surface area (Å²) in [6.45, 7) is 4.47. The van der Waals surface area contributed by atoms with Gasteiger partial charge in [0.15, 0.2) is 5.13 Å². The topological polar surface area (TPSA) is 50.5 Å². The summed E-state index contributed by atoms with van der Waals surface area (Å²) in [7, 11) is 0. The van der Waals surface area contributed by atoms with Crippen LogP contribution in [-0.2, 0) is 13.0 Å². The summed E-state index contributed by atoms with van der Waals surface area (Å²) in [5.74, 6) is -0.102. The molecule has 154 valence electrons. The molecule has 0 N–H and O–H groups in total. The summed E-state index contributed by atoms with van der Waals surface area (Å²) in [5, 5.41) is 0.697. The summed E-state index contributed by atoms with van der Waals surface area (Å²) in [6, 6.07) is 22.1. The molecule has 0 bridgehead atoms. The van der Waals surface area contributed by atoms with Crippen molar-refractivity contribution < 1.29 is 4.79 Å². The first-order valence-electron chi connectivity index (χ1n) is 10.3. The number of aryl methyl sites for hydroxylation is 2. The van der Waals surface area contributed by atoms with E-state index in [4.69, 9.17) is 4.98 Å². The van der Waals surface area contributed by atoms with Crippen LogP contribution in [0.2, 0.25) is 0 Å². The molecule has 0 fully saturated rings. The van der Waals surface area contributed by atoms with E-state index in [9.17, 15) is 4.79 Å². The van der Waals surface area contributed by atoms with Crippen molar-refractivity contribution in [1.82, 2.24) is 14.4 Å². The SMILES string of the molecule is CCc1ccc2nc(N(Cc3ccccc3)C(=O)c3c(C)nc4ccccn34)sc2c1. The van der Waals surface area contributed by atoms with E-state index in [0.717, 1.165) is 27.8 Å². The Balaban J connectivity index is 1.63. The molecule has 0 radical (unpaired) electrons. The standard InChI is InChI=1S/C25H22N4OS/c1-3-18-12-13-20-21(15-18)31-25(27-20)29(16-19-9-5-4-6-10-19)24(30)23-17(2)26-22-11-7-8-14-28(22)23/h4-15H,3,16H2,1-2H3. The van der Waals surface area contributed by atoms with Crippen LogP contribution in [0.15, 0.2) is 72.9 Å². The maximum absolute atomic E-state index is 13.9. The van der Waals surface area contributed by atoms with Gasteiger partial charge in [-0.05, 0) is 48.7 Å². The van der Waals surface area contributed by atoms with Gasteiger partial charge >= 0.3 is 0 Å². The number of nitrogens with zero attached hydrogens (tertiary/aromatic N) is 4. The molecule has 0 aliphatic heterocycles. The fraction of sp³-hybridized carbons (Fsp3) is 0.160. The summed E-state index contributed by atoms with van der Waals surface area (Å²) < 4.78 is 2.95. The smallest absolute Gasteiger partial charge is 0.279 e. The van der Waals surface area contributed by atoms with Gasteiger partial charge in [-0.15, -0.1) is 0 Å². The van der Waals surface area contributed by atoms with Crippen molar-refractivity contribution in [3.8, 4) is 0 Å². The van der Waals surface area contributed by atoms with Crippen LogP contribution in [0.4, 0.5) is 5.13 Å². The molecule has 31 heavy (non-hydrogen) atoms. The molecule has 2 aromatic carbocycles. The Hall–Kier alpha value is -3.51. The third-order valence-electron chi connectivity index (χ3n) is 5.42. The lowest BCUT2D eigenvalue weighted by Crippen LogP contribution is -2.31. The Morgan fingerprint density at radius 1 is 1.00 bits per heavy atom. The quantitative estimate of drug-likeness (QED) is 0.364. The lowest BCUT2D eigenvalue weighted by atomic mass is 10.2. The van der Waals surface area contributed by atoms with E-state index in [0.29, 0.717) is 23.1 Å². The first-order chi connectivity index (χ1) is 15.1. The maximum atomic E-state index is 13.9. The van der Waals surface area contributed by atoms with Gasteiger partial charge < -0.3 is 0 Å². The molecule has 1 amide bonds. The highest BCUT2D eigenvalue weighted by Gasteiger charge is 2.26. The Bertz CT molecular complexity index is 1390. The van der Waals surface area contributed by atoms with Crippen LogP contribution < -0.4 is 4.90 Å². The van der Waals surface area contributed by atoms with E-state index >= 15 is 0 Å². The van der Waals surface area contributed by atoms with Gasteiger partial charge in [0.05, 0.1) is 22.5 Å². The maximum Gasteiger partial charge on any atom is 0.279 e. The summed E-state index contributed by atoms with van der Waals surface area (Å²) >= 11 is 1.56. The molecule has 0 spiro atoms. The highest BCUT2D eigenvalue weighted by Crippen LogP contribution is 2.32. The Kier molecular flexibility index (Phi) is 5.00. The highest BCUT2D eigenvalue weighted by molar-refractivity contribution is 7.22. The van der Waals surface area contributed by atoms with E-state index in [1.807, 2.05) is 72.1 Å². The van der Waals surface area contributed by atoms with Gasteiger partial charge in [0, 0.05) is 6.20 Å². The lowest BCUT2D eigenvalue weighted by Gasteiger charge is -2.20. The zero-order chi connectivity index (χ0) is 21.4. The van der Waals surface area contributed by atoms with Gasteiger partial charge in [0.2, 0.25) is 0 Å². The fourth-order valence-corrected chi connectivity index (χ4v) is 4.81. The molecule has 0 unspecified atom stereocenters. The van der Waals surface area contributed by atoms with E-state index in [-0.39, 0.29) is 5.91 Å². The van der Waals surface area contributed by atoms with Crippen LogP contribution in [0.5, 0.6) is 0 Å². The Morgan fingerprint density at radius 2 is 1.81 bits per heavy atom. The van der Waals surface area contributed by atoms with Crippen molar-refractivity contribution in [2.24, 2.45) is 0 Å². The first-order valence-corrected chi connectivity index (χ1v) is 11.1. The minimum Gasteiger partial charge on any atom is -0.295 e. The molecular weight excluding hydrogens is 404 g/mol. The zero-order valence-corrected chi connectivity index (χ0v) is 18.3. The summed E-state index contributed by atoms with van der Waals surface area (Å²) in [5.41, 5.74) is 5.28. The summed E-state index contributed by atoms with van der Waals surface area (Å²) in [6.07, 6.45) is 2.85. The van der Waals surface area contributed by atoms with Crippen LogP contribution >= 0.6 is 11.3 Å². The van der Waals surface area contributed by atoms with Crippen molar-refractivity contribution >= 4 is 38.2 Å². The highest BCUT2D eigenvalue weighted by atomic mass is 32.1. The number of anilines is 1. The van der Waals surface area contributed by atoms with E-state index in [1.54, 1.807) is 16.2 Å². The van der Waals surface area contributed by atoms with E-state index in [1.165, 1.54) is 5.56 Å². The van der Waals surface area contributed by atoms with E-state index in [2.05, 4.69) is 24.0 Å². The molecule has 5 nitrogen and oxygen atoms in total. The minimum absolute atomic E-state index is 0.102. The zero-order valence-electron chi connectivity index (χ0n) is 17.4. The molecule has 0 saturated heterocycles. The van der Waals surface area contributed by atoms with Crippen LogP contribution in [0.3, 0.4) is 0 Å². The van der Waals surface area contributed by atoms with Crippen molar-refractivity contribution in [2.45, 2.75) is 26.8 Å². The molecular formula is C25H22N4OS. The predicted octanol–water partition coefficient (Wildman–Crippen LogP) is 5.66. The number of fused-ring (bicyclic) bond motifs is 2. The van der Waals surface area contributed by atoms with Crippen LogP contribution in [0.25, 0.3) is 15.9 Å². The molecule has 3 heterocycles. The van der Waals surface area contributed by atoms with Gasteiger partial charge in [-0.1, -0.05) is 60.7 Å². The van der Waals surface area contributed by atoms with Gasteiger partial charge in [0.25, 0.3) is 5.91 Å². The monoisotopic (exact) mass is 426 g/mol. The molecule has 0 aliphatic carbocycles. The van der Waals surface area contributed by atoms with Crippen molar-refractivity contribution in [1.29, 1.82) is 0 Å². The first kappa shape index (κ1) is 19.5. The number of benzene rings is 2. The number of amides is 1. The van der Waals surface area contributed by atoms with Crippen molar-refractivity contribution in [2.75, 3.05) is 4.90 Å². The number of hydrogen-bond acceptors (Lipinski definition) is 4.